The van der Waals surface area contributed by atoms with Crippen LogP contribution in [-0.2, 0) is 25.9 Å². The normalized spacial score (nSPS) is 18.0. The van der Waals surface area contributed by atoms with Crippen molar-refractivity contribution in [2.24, 2.45) is 0 Å². The Morgan fingerprint density at radius 3 is 2.43 bits per heavy atom. The third-order valence-corrected chi connectivity index (χ3v) is 8.52. The predicted octanol–water partition coefficient (Wildman–Crippen LogP) is 3.95. The molecule has 1 amide bonds. The van der Waals surface area contributed by atoms with E-state index in [4.69, 9.17) is 9.47 Å². The molecule has 2 N–H and O–H groups in total. The number of aliphatic carboxylic acids is 1. The number of methoxy groups -OCH3 is 1. The van der Waals surface area contributed by atoms with Gasteiger partial charge in [-0.3, -0.25) is 9.69 Å². The number of hydrogen-bond acceptors (Lipinski definition) is 7. The quantitative estimate of drug-likeness (QED) is 0.305. The van der Waals surface area contributed by atoms with Gasteiger partial charge >= 0.3 is 5.97 Å². The summed E-state index contributed by atoms with van der Waals surface area (Å²) in [4.78, 5) is 27.6. The largest absolute Gasteiger partial charge is 0.492 e. The number of carbonyl (C=O) groups excluding carboxylic acids is 1. The van der Waals surface area contributed by atoms with E-state index in [0.717, 1.165) is 41.7 Å². The molecule has 1 fully saturated rings. The first-order valence-corrected chi connectivity index (χ1v) is 15.9. The Hall–Kier alpha value is -3.73. The topological polar surface area (TPSA) is 122 Å². The molecule has 0 aromatic heterocycles. The molecular formula is C32H38N2O7S. The SMILES string of the molecule is CO[C@@H]1C[C@H](COc2ccccc2)N(Cc2ccc(C(=O)N[C@@H](CCS(C)(=O)=O)C(=O)O)c(-c3ccccc3C)c2)C1. The van der Waals surface area contributed by atoms with E-state index < -0.39 is 27.8 Å². The van der Waals surface area contributed by atoms with E-state index in [1.165, 1.54) is 0 Å². The second-order valence-corrected chi connectivity index (χ2v) is 13.0. The Kier molecular flexibility index (Phi) is 10.4. The highest BCUT2D eigenvalue weighted by Gasteiger charge is 2.33. The lowest BCUT2D eigenvalue weighted by Crippen LogP contribution is -2.42. The Balaban J connectivity index is 1.59. The van der Waals surface area contributed by atoms with Crippen LogP contribution in [-0.4, -0.2) is 80.8 Å². The Labute approximate surface area is 247 Å². The number of hydrogen-bond donors (Lipinski definition) is 2. The summed E-state index contributed by atoms with van der Waals surface area (Å²) in [5.74, 6) is -1.39. The maximum absolute atomic E-state index is 13.4. The maximum atomic E-state index is 13.4. The van der Waals surface area contributed by atoms with Gasteiger partial charge in [-0.15, -0.1) is 0 Å². The van der Waals surface area contributed by atoms with Gasteiger partial charge in [0.05, 0.1) is 11.9 Å². The van der Waals surface area contributed by atoms with Crippen molar-refractivity contribution in [2.45, 2.75) is 44.5 Å². The van der Waals surface area contributed by atoms with E-state index in [1.807, 2.05) is 73.7 Å². The number of likely N-dealkylation sites (tertiary alicyclic amines) is 1. The van der Waals surface area contributed by atoms with Crippen LogP contribution in [0.25, 0.3) is 11.1 Å². The number of sulfone groups is 1. The van der Waals surface area contributed by atoms with Gasteiger partial charge in [0, 0.05) is 38.1 Å². The van der Waals surface area contributed by atoms with Gasteiger partial charge in [0.25, 0.3) is 5.91 Å². The number of carboxylic acids is 1. The molecule has 3 aromatic rings. The number of para-hydroxylation sites is 1. The zero-order valence-corrected chi connectivity index (χ0v) is 25.0. The van der Waals surface area contributed by atoms with Gasteiger partial charge in [0.2, 0.25) is 0 Å². The molecule has 1 saturated heterocycles. The summed E-state index contributed by atoms with van der Waals surface area (Å²) in [6.45, 7) is 3.81. The molecule has 0 unspecified atom stereocenters. The van der Waals surface area contributed by atoms with Crippen LogP contribution in [0.15, 0.2) is 72.8 Å². The summed E-state index contributed by atoms with van der Waals surface area (Å²) in [6, 6.07) is 21.7. The van der Waals surface area contributed by atoms with Gasteiger partial charge in [0.1, 0.15) is 28.2 Å². The molecule has 0 radical (unpaired) electrons. The van der Waals surface area contributed by atoms with Crippen LogP contribution in [0.1, 0.15) is 34.3 Å². The molecule has 1 heterocycles. The third kappa shape index (κ3) is 8.40. The summed E-state index contributed by atoms with van der Waals surface area (Å²) in [7, 11) is -1.68. The zero-order chi connectivity index (χ0) is 30.3. The third-order valence-electron chi connectivity index (χ3n) is 7.54. The van der Waals surface area contributed by atoms with E-state index in [-0.39, 0.29) is 24.3 Å². The first-order valence-electron chi connectivity index (χ1n) is 13.9. The predicted molar refractivity (Wildman–Crippen MR) is 161 cm³/mol. The summed E-state index contributed by atoms with van der Waals surface area (Å²) >= 11 is 0. The van der Waals surface area contributed by atoms with Gasteiger partial charge in [-0.2, -0.15) is 0 Å². The Morgan fingerprint density at radius 1 is 1.05 bits per heavy atom. The number of benzene rings is 3. The van der Waals surface area contributed by atoms with Crippen LogP contribution >= 0.6 is 0 Å². The molecule has 0 spiro atoms. The lowest BCUT2D eigenvalue weighted by molar-refractivity contribution is -0.139. The number of nitrogens with one attached hydrogen (secondary N) is 1. The van der Waals surface area contributed by atoms with E-state index >= 15 is 0 Å². The number of ether oxygens (including phenoxy) is 2. The molecule has 4 rings (SSSR count). The highest BCUT2D eigenvalue weighted by molar-refractivity contribution is 7.90. The fourth-order valence-corrected chi connectivity index (χ4v) is 5.89. The number of carbonyl (C=O) groups is 2. The van der Waals surface area contributed by atoms with Crippen molar-refractivity contribution in [2.75, 3.05) is 32.3 Å². The molecule has 1 aliphatic rings. The van der Waals surface area contributed by atoms with Crippen molar-refractivity contribution in [3.8, 4) is 16.9 Å². The summed E-state index contributed by atoms with van der Waals surface area (Å²) < 4.78 is 35.0. The first kappa shape index (κ1) is 31.2. The molecule has 0 saturated carbocycles. The Morgan fingerprint density at radius 2 is 1.76 bits per heavy atom. The van der Waals surface area contributed by atoms with Crippen LogP contribution in [0.5, 0.6) is 5.75 Å². The number of carboxylic acid groups (broad SMARTS) is 1. The molecule has 10 heteroatoms. The zero-order valence-electron chi connectivity index (χ0n) is 24.2. The fraction of sp³-hybridized carbons (Fsp3) is 0.375. The van der Waals surface area contributed by atoms with Crippen molar-refractivity contribution < 1.29 is 32.6 Å². The summed E-state index contributed by atoms with van der Waals surface area (Å²) in [6.07, 6.45) is 1.73. The molecule has 1 aliphatic heterocycles. The number of rotatable bonds is 13. The molecule has 3 atom stereocenters. The highest BCUT2D eigenvalue weighted by atomic mass is 32.2. The van der Waals surface area contributed by atoms with Crippen molar-refractivity contribution >= 4 is 21.7 Å². The van der Waals surface area contributed by atoms with Crippen LogP contribution < -0.4 is 10.1 Å². The van der Waals surface area contributed by atoms with Gasteiger partial charge < -0.3 is 19.9 Å². The van der Waals surface area contributed by atoms with Gasteiger partial charge in [-0.05, 0) is 66.3 Å². The molecule has 224 valence electrons. The molecule has 9 nitrogen and oxygen atoms in total. The number of amides is 1. The fourth-order valence-electron chi connectivity index (χ4n) is 5.23. The summed E-state index contributed by atoms with van der Waals surface area (Å²) in [5.41, 5.74) is 3.80. The second kappa shape index (κ2) is 14.0. The van der Waals surface area contributed by atoms with E-state index in [1.54, 1.807) is 13.2 Å². The average Bonchev–Trinajstić information content (AvgIpc) is 3.35. The van der Waals surface area contributed by atoms with Crippen LogP contribution in [0.2, 0.25) is 0 Å². The number of nitrogens with zero attached hydrogens (tertiary/aromatic N) is 1. The molecule has 0 bridgehead atoms. The van der Waals surface area contributed by atoms with Crippen molar-refractivity contribution in [1.82, 2.24) is 10.2 Å². The molecule has 0 aliphatic carbocycles. The molecule has 42 heavy (non-hydrogen) atoms. The smallest absolute Gasteiger partial charge is 0.326 e. The highest BCUT2D eigenvalue weighted by Crippen LogP contribution is 2.30. The van der Waals surface area contributed by atoms with E-state index in [2.05, 4.69) is 10.2 Å². The second-order valence-electron chi connectivity index (χ2n) is 10.8. The van der Waals surface area contributed by atoms with Crippen LogP contribution in [0.3, 0.4) is 0 Å². The van der Waals surface area contributed by atoms with Crippen LogP contribution in [0.4, 0.5) is 0 Å². The van der Waals surface area contributed by atoms with Crippen molar-refractivity contribution in [3.63, 3.8) is 0 Å². The molecular weight excluding hydrogens is 556 g/mol. The lowest BCUT2D eigenvalue weighted by atomic mass is 9.93. The number of aryl methyl sites for hydroxylation is 1. The van der Waals surface area contributed by atoms with Gasteiger partial charge in [0.15, 0.2) is 0 Å². The van der Waals surface area contributed by atoms with Gasteiger partial charge in [-0.25, -0.2) is 13.2 Å². The molecule has 3 aromatic carbocycles. The average molecular weight is 595 g/mol. The monoisotopic (exact) mass is 594 g/mol. The van der Waals surface area contributed by atoms with E-state index in [0.29, 0.717) is 24.3 Å². The standard InChI is InChI=1S/C32H38N2O7S/c1-22-9-7-8-12-27(22)29-17-23(13-14-28(29)31(35)33-30(32(36)37)15-16-42(3,38)39)19-34-20-26(40-2)18-24(34)21-41-25-10-5-4-6-11-25/h4-14,17,24,26,30H,15-16,18-21H2,1-3H3,(H,33,35)(H,36,37)/t24-,26-,30+/m1/s1. The van der Waals surface area contributed by atoms with Gasteiger partial charge in [-0.1, -0.05) is 48.5 Å². The first-order chi connectivity index (χ1) is 20.0. The van der Waals surface area contributed by atoms with Crippen molar-refractivity contribution in [3.05, 3.63) is 89.5 Å². The lowest BCUT2D eigenvalue weighted by Gasteiger charge is -2.25. The minimum atomic E-state index is -3.39. The van der Waals surface area contributed by atoms with E-state index in [9.17, 15) is 23.1 Å². The minimum absolute atomic E-state index is 0.0788. The maximum Gasteiger partial charge on any atom is 0.326 e. The minimum Gasteiger partial charge on any atom is -0.492 e. The summed E-state index contributed by atoms with van der Waals surface area (Å²) in [5, 5.41) is 12.2. The Bertz CT molecular complexity index is 1490. The van der Waals surface area contributed by atoms with Crippen LogP contribution in [0, 0.1) is 6.92 Å². The van der Waals surface area contributed by atoms with Crippen molar-refractivity contribution in [1.29, 1.82) is 0 Å².